The van der Waals surface area contributed by atoms with Gasteiger partial charge in [-0.25, -0.2) is 14.7 Å². The van der Waals surface area contributed by atoms with Gasteiger partial charge in [0.1, 0.15) is 28.3 Å². The Balaban J connectivity index is 1.57. The van der Waals surface area contributed by atoms with Crippen LogP contribution in [-0.2, 0) is 11.2 Å². The van der Waals surface area contributed by atoms with Crippen molar-refractivity contribution in [3.05, 3.63) is 92.3 Å². The van der Waals surface area contributed by atoms with E-state index in [2.05, 4.69) is 4.98 Å². The number of carbonyl (C=O) groups excluding carboxylic acids is 1. The Hall–Kier alpha value is -3.42. The lowest BCUT2D eigenvalue weighted by Gasteiger charge is -2.45. The molecule has 2 aromatic heterocycles. The van der Waals surface area contributed by atoms with E-state index in [0.717, 1.165) is 38.3 Å². The number of allylic oxidation sites excluding steroid dienone is 1. The maximum Gasteiger partial charge on any atom is 0.281 e. The predicted octanol–water partition coefficient (Wildman–Crippen LogP) is 4.40. The molecule has 6 nitrogen and oxygen atoms in total. The van der Waals surface area contributed by atoms with Crippen molar-refractivity contribution in [3.8, 4) is 5.75 Å². The smallest absolute Gasteiger partial charge is 0.281 e. The van der Waals surface area contributed by atoms with Crippen molar-refractivity contribution in [2.75, 3.05) is 5.01 Å². The molecule has 1 aliphatic heterocycles. The second-order valence-electron chi connectivity index (χ2n) is 8.66. The number of phenolic OH excluding ortho intramolecular Hbond substituents is 1. The van der Waals surface area contributed by atoms with E-state index in [1.54, 1.807) is 12.1 Å². The molecule has 1 aliphatic carbocycles. The number of nitrogens with zero attached hydrogens (tertiary/aromatic N) is 3. The molecule has 2 atom stereocenters. The third-order valence-electron chi connectivity index (χ3n) is 6.80. The van der Waals surface area contributed by atoms with Crippen LogP contribution < -0.4 is 10.6 Å². The summed E-state index contributed by atoms with van der Waals surface area (Å²) in [5, 5.41) is 11.3. The SMILES string of the molecule is Cc1sc2ncn(N3C(=O)C(Cl)C3C3=C(c4ccccc4)Cc4ccc(O)cc43)c(=O)c2c1C. The van der Waals surface area contributed by atoms with E-state index in [0.29, 0.717) is 16.6 Å². The molecule has 1 N–H and O–H groups in total. The van der Waals surface area contributed by atoms with Crippen LogP contribution in [-0.4, -0.2) is 32.1 Å². The fourth-order valence-corrected chi connectivity index (χ4v) is 6.30. The molecule has 170 valence electrons. The highest BCUT2D eigenvalue weighted by atomic mass is 35.5. The maximum atomic E-state index is 13.5. The average molecular weight is 490 g/mol. The van der Waals surface area contributed by atoms with Gasteiger partial charge in [0.15, 0.2) is 0 Å². The average Bonchev–Trinajstić information content (AvgIpc) is 3.35. The quantitative estimate of drug-likeness (QED) is 0.342. The highest BCUT2D eigenvalue weighted by Gasteiger charge is 2.52. The van der Waals surface area contributed by atoms with Gasteiger partial charge in [-0.2, -0.15) is 0 Å². The van der Waals surface area contributed by atoms with Crippen molar-refractivity contribution in [1.29, 1.82) is 0 Å². The largest absolute Gasteiger partial charge is 0.508 e. The monoisotopic (exact) mass is 489 g/mol. The first-order valence-electron chi connectivity index (χ1n) is 10.9. The predicted molar refractivity (Wildman–Crippen MR) is 135 cm³/mol. The van der Waals surface area contributed by atoms with Gasteiger partial charge in [0.2, 0.25) is 0 Å². The normalized spacial score (nSPS) is 19.6. The van der Waals surface area contributed by atoms with Crippen LogP contribution in [0.5, 0.6) is 5.75 Å². The first-order valence-corrected chi connectivity index (χ1v) is 12.2. The molecule has 0 bridgehead atoms. The zero-order chi connectivity index (χ0) is 23.7. The molecule has 3 heterocycles. The fourth-order valence-electron chi connectivity index (χ4n) is 4.98. The number of hydrogen-bond donors (Lipinski definition) is 1. The van der Waals surface area contributed by atoms with Gasteiger partial charge in [-0.1, -0.05) is 36.4 Å². The third-order valence-corrected chi connectivity index (χ3v) is 8.34. The number of alkyl halides is 1. The molecule has 6 rings (SSSR count). The van der Waals surface area contributed by atoms with E-state index in [1.165, 1.54) is 27.3 Å². The van der Waals surface area contributed by atoms with Gasteiger partial charge >= 0.3 is 0 Å². The Labute approximate surface area is 204 Å². The van der Waals surface area contributed by atoms with Crippen LogP contribution >= 0.6 is 22.9 Å². The van der Waals surface area contributed by atoms with Crippen LogP contribution in [0.3, 0.4) is 0 Å². The zero-order valence-electron chi connectivity index (χ0n) is 18.4. The van der Waals surface area contributed by atoms with E-state index >= 15 is 0 Å². The first kappa shape index (κ1) is 21.1. The molecule has 0 spiro atoms. The van der Waals surface area contributed by atoms with E-state index in [1.807, 2.05) is 50.2 Å². The summed E-state index contributed by atoms with van der Waals surface area (Å²) in [6, 6.07) is 14.6. The number of β-lactam (4-membered cyclic amide) rings is 1. The number of aryl methyl sites for hydroxylation is 2. The van der Waals surface area contributed by atoms with Crippen molar-refractivity contribution < 1.29 is 9.90 Å². The van der Waals surface area contributed by atoms with Crippen molar-refractivity contribution in [3.63, 3.8) is 0 Å². The number of hydrogen-bond acceptors (Lipinski definition) is 5. The Morgan fingerprint density at radius 3 is 2.65 bits per heavy atom. The molecule has 1 fully saturated rings. The van der Waals surface area contributed by atoms with Crippen molar-refractivity contribution in [1.82, 2.24) is 9.66 Å². The van der Waals surface area contributed by atoms with E-state index in [9.17, 15) is 14.7 Å². The minimum Gasteiger partial charge on any atom is -0.508 e. The summed E-state index contributed by atoms with van der Waals surface area (Å²) in [6.07, 6.45) is 2.06. The molecule has 0 radical (unpaired) electrons. The number of thiophene rings is 1. The van der Waals surface area contributed by atoms with Gasteiger partial charge in [-0.05, 0) is 65.8 Å². The second kappa shape index (κ2) is 7.55. The van der Waals surface area contributed by atoms with Crippen LogP contribution in [0.4, 0.5) is 0 Å². The molecule has 2 aliphatic rings. The number of amides is 1. The van der Waals surface area contributed by atoms with E-state index < -0.39 is 11.4 Å². The summed E-state index contributed by atoms with van der Waals surface area (Å²) >= 11 is 8.10. The number of carbonyl (C=O) groups is 1. The first-order chi connectivity index (χ1) is 16.4. The fraction of sp³-hybridized carbons (Fsp3) is 0.192. The van der Waals surface area contributed by atoms with Crippen LogP contribution in [0.2, 0.25) is 0 Å². The van der Waals surface area contributed by atoms with Gasteiger partial charge in [0.25, 0.3) is 11.5 Å². The Morgan fingerprint density at radius 1 is 1.12 bits per heavy atom. The zero-order valence-corrected chi connectivity index (χ0v) is 20.0. The summed E-state index contributed by atoms with van der Waals surface area (Å²) in [7, 11) is 0. The van der Waals surface area contributed by atoms with Crippen LogP contribution in [0.15, 0.2) is 59.7 Å². The number of benzene rings is 2. The molecule has 2 aromatic carbocycles. The van der Waals surface area contributed by atoms with Gasteiger partial charge < -0.3 is 5.11 Å². The van der Waals surface area contributed by atoms with Gasteiger partial charge in [-0.3, -0.25) is 9.59 Å². The molecule has 2 unspecified atom stereocenters. The Kier molecular flexibility index (Phi) is 4.69. The minimum absolute atomic E-state index is 0.138. The second-order valence-corrected chi connectivity index (χ2v) is 10.3. The lowest BCUT2D eigenvalue weighted by molar-refractivity contribution is -0.125. The van der Waals surface area contributed by atoms with Gasteiger partial charge in [-0.15, -0.1) is 22.9 Å². The lowest BCUT2D eigenvalue weighted by atomic mass is 9.87. The maximum absolute atomic E-state index is 13.5. The van der Waals surface area contributed by atoms with E-state index in [4.69, 9.17) is 11.6 Å². The van der Waals surface area contributed by atoms with Crippen molar-refractivity contribution in [2.24, 2.45) is 0 Å². The van der Waals surface area contributed by atoms with Crippen molar-refractivity contribution >= 4 is 50.2 Å². The molecule has 4 aromatic rings. The summed E-state index contributed by atoms with van der Waals surface area (Å²) in [6.45, 7) is 3.85. The van der Waals surface area contributed by atoms with Crippen LogP contribution in [0, 0.1) is 13.8 Å². The third kappa shape index (κ3) is 2.90. The molecule has 34 heavy (non-hydrogen) atoms. The molecule has 0 saturated carbocycles. The van der Waals surface area contributed by atoms with Crippen molar-refractivity contribution in [2.45, 2.75) is 31.7 Å². The number of fused-ring (bicyclic) bond motifs is 2. The summed E-state index contributed by atoms with van der Waals surface area (Å²) in [5.41, 5.74) is 5.36. The number of rotatable bonds is 3. The Bertz CT molecular complexity index is 1590. The minimum atomic E-state index is -0.838. The molecule has 1 amide bonds. The topological polar surface area (TPSA) is 75.4 Å². The number of halogens is 1. The number of aromatic hydroxyl groups is 1. The molecule has 1 saturated heterocycles. The van der Waals surface area contributed by atoms with E-state index in [-0.39, 0.29) is 17.2 Å². The number of phenols is 1. The summed E-state index contributed by atoms with van der Waals surface area (Å²) in [5.74, 6) is -0.216. The Morgan fingerprint density at radius 2 is 1.88 bits per heavy atom. The van der Waals surface area contributed by atoms with Crippen LogP contribution in [0.25, 0.3) is 21.4 Å². The van der Waals surface area contributed by atoms with Crippen LogP contribution in [0.1, 0.15) is 27.1 Å². The molecule has 8 heteroatoms. The summed E-state index contributed by atoms with van der Waals surface area (Å²) in [4.78, 5) is 32.7. The highest BCUT2D eigenvalue weighted by Crippen LogP contribution is 2.46. The highest BCUT2D eigenvalue weighted by molar-refractivity contribution is 7.18. The standard InChI is InChI=1S/C26H20ClN3O3S/c1-13-14(2)34-24-20(13)25(32)29(12-28-24)30-23(22(27)26(30)33)21-18(15-6-4-3-5-7-15)10-16-8-9-17(31)11-19(16)21/h3-9,11-12,22-23,31H,10H2,1-2H3. The summed E-state index contributed by atoms with van der Waals surface area (Å²) < 4.78 is 1.30. The number of aromatic nitrogens is 2. The van der Waals surface area contributed by atoms with Gasteiger partial charge in [0, 0.05) is 4.88 Å². The van der Waals surface area contributed by atoms with Gasteiger partial charge in [0.05, 0.1) is 5.39 Å². The lowest BCUT2D eigenvalue weighted by Crippen LogP contribution is -2.69. The molecular weight excluding hydrogens is 470 g/mol. The molecular formula is C26H20ClN3O3S.